The summed E-state index contributed by atoms with van der Waals surface area (Å²) in [6.45, 7) is 2.72. The van der Waals surface area contributed by atoms with E-state index in [-0.39, 0.29) is 29.3 Å². The van der Waals surface area contributed by atoms with E-state index in [1.807, 2.05) is 72.5 Å². The Kier molecular flexibility index (Phi) is 6.77. The molecule has 2 aromatic carbocycles. The zero-order valence-corrected chi connectivity index (χ0v) is 18.3. The van der Waals surface area contributed by atoms with Crippen molar-refractivity contribution in [3.63, 3.8) is 0 Å². The number of nitro groups is 1. The van der Waals surface area contributed by atoms with E-state index in [1.54, 1.807) is 0 Å². The molecule has 1 amide bonds. The van der Waals surface area contributed by atoms with E-state index in [0.29, 0.717) is 6.54 Å². The molecule has 1 aliphatic rings. The minimum absolute atomic E-state index is 0.0454. The fraction of sp³-hybridized carbons (Fsp3) is 0.292. The van der Waals surface area contributed by atoms with Gasteiger partial charge in [0.15, 0.2) is 0 Å². The lowest BCUT2D eigenvalue weighted by Gasteiger charge is -2.33. The maximum Gasteiger partial charge on any atom is 0.355 e. The Labute approximate surface area is 192 Å². The van der Waals surface area contributed by atoms with Gasteiger partial charge in [-0.25, -0.2) is 9.97 Å². The number of piperidine rings is 1. The third kappa shape index (κ3) is 4.92. The molecule has 0 aliphatic carbocycles. The molecule has 3 aromatic rings. The number of aromatic nitrogens is 2. The van der Waals surface area contributed by atoms with Gasteiger partial charge >= 0.3 is 5.69 Å². The second-order valence-electron chi connectivity index (χ2n) is 8.06. The van der Waals surface area contributed by atoms with Crippen molar-refractivity contribution < 1.29 is 9.72 Å². The lowest BCUT2D eigenvalue weighted by atomic mass is 9.91. The summed E-state index contributed by atoms with van der Waals surface area (Å²) in [7, 11) is 0. The summed E-state index contributed by atoms with van der Waals surface area (Å²) in [4.78, 5) is 34.9. The smallest absolute Gasteiger partial charge is 0.348 e. The van der Waals surface area contributed by atoms with Crippen LogP contribution in [-0.4, -0.2) is 33.4 Å². The molecule has 0 saturated carbocycles. The van der Waals surface area contributed by atoms with Crippen LogP contribution >= 0.6 is 0 Å². The van der Waals surface area contributed by atoms with Crippen LogP contribution in [0.4, 0.5) is 17.3 Å². The van der Waals surface area contributed by atoms with Crippen molar-refractivity contribution in [1.29, 1.82) is 0 Å². The van der Waals surface area contributed by atoms with Gasteiger partial charge in [-0.2, -0.15) is 0 Å². The Morgan fingerprint density at radius 1 is 1.06 bits per heavy atom. The van der Waals surface area contributed by atoms with Crippen molar-refractivity contribution in [3.8, 4) is 0 Å². The molecule has 1 aromatic heterocycles. The summed E-state index contributed by atoms with van der Waals surface area (Å²) in [6.07, 6.45) is 4.25. The number of benzene rings is 2. The average molecular weight is 447 g/mol. The molecule has 1 unspecified atom stereocenters. The Balaban J connectivity index is 1.61. The van der Waals surface area contributed by atoms with E-state index in [1.165, 1.54) is 6.33 Å². The van der Waals surface area contributed by atoms with Gasteiger partial charge in [-0.1, -0.05) is 60.7 Å². The molecule has 1 saturated heterocycles. The first-order chi connectivity index (χ1) is 16.1. The van der Waals surface area contributed by atoms with Crippen LogP contribution in [0.15, 0.2) is 67.0 Å². The number of hydrogen-bond acceptors (Lipinski definition) is 7. The van der Waals surface area contributed by atoms with Gasteiger partial charge in [0.2, 0.25) is 17.5 Å². The third-order valence-electron chi connectivity index (χ3n) is 5.89. The van der Waals surface area contributed by atoms with E-state index in [9.17, 15) is 14.9 Å². The highest BCUT2D eigenvalue weighted by molar-refractivity contribution is 5.88. The number of anilines is 2. The molecule has 2 N–H and O–H groups in total. The van der Waals surface area contributed by atoms with Gasteiger partial charge in [0.25, 0.3) is 0 Å². The Bertz CT molecular complexity index is 1070. The van der Waals surface area contributed by atoms with Crippen molar-refractivity contribution >= 4 is 23.2 Å². The van der Waals surface area contributed by atoms with Gasteiger partial charge in [-0.3, -0.25) is 25.8 Å². The minimum Gasteiger partial charge on any atom is -0.348 e. The summed E-state index contributed by atoms with van der Waals surface area (Å²) in [6, 6.07) is 18.9. The first-order valence-corrected chi connectivity index (χ1v) is 11.0. The maximum atomic E-state index is 13.2. The number of nitrogens with zero attached hydrogens (tertiary/aromatic N) is 4. The van der Waals surface area contributed by atoms with Gasteiger partial charge in [-0.05, 0) is 37.3 Å². The van der Waals surface area contributed by atoms with Crippen LogP contribution in [0.2, 0.25) is 0 Å². The molecule has 9 nitrogen and oxygen atoms in total. The predicted molar refractivity (Wildman–Crippen MR) is 126 cm³/mol. The number of hydrazine groups is 1. The van der Waals surface area contributed by atoms with Gasteiger partial charge in [0.1, 0.15) is 6.33 Å². The summed E-state index contributed by atoms with van der Waals surface area (Å²) < 4.78 is 0. The highest BCUT2D eigenvalue weighted by atomic mass is 16.6. The molecule has 170 valence electrons. The zero-order valence-electron chi connectivity index (χ0n) is 18.3. The van der Waals surface area contributed by atoms with Crippen LogP contribution in [-0.2, 0) is 4.79 Å². The lowest BCUT2D eigenvalue weighted by Crippen LogP contribution is -2.39. The second-order valence-corrected chi connectivity index (χ2v) is 8.06. The maximum absolute atomic E-state index is 13.2. The fourth-order valence-electron chi connectivity index (χ4n) is 4.23. The fourth-order valence-corrected chi connectivity index (χ4v) is 4.23. The summed E-state index contributed by atoms with van der Waals surface area (Å²) in [5.41, 5.74) is 6.69. The molecule has 0 radical (unpaired) electrons. The number of carbonyl (C=O) groups is 1. The summed E-state index contributed by atoms with van der Waals surface area (Å²) in [5.74, 6) is -0.729. The van der Waals surface area contributed by atoms with Gasteiger partial charge < -0.3 is 4.90 Å². The third-order valence-corrected chi connectivity index (χ3v) is 5.89. The van der Waals surface area contributed by atoms with Crippen LogP contribution in [0, 0.1) is 10.1 Å². The second kappa shape index (κ2) is 10.1. The van der Waals surface area contributed by atoms with Crippen molar-refractivity contribution in [3.05, 3.63) is 88.2 Å². The van der Waals surface area contributed by atoms with Crippen LogP contribution < -0.4 is 15.8 Å². The van der Waals surface area contributed by atoms with Crippen molar-refractivity contribution in [2.24, 2.45) is 0 Å². The monoisotopic (exact) mass is 446 g/mol. The molecule has 1 atom stereocenters. The van der Waals surface area contributed by atoms with Gasteiger partial charge in [0.05, 0.1) is 10.8 Å². The summed E-state index contributed by atoms with van der Waals surface area (Å²) in [5, 5.41) is 12.0. The number of carbonyl (C=O) groups excluding carboxylic acids is 1. The Morgan fingerprint density at radius 2 is 1.70 bits per heavy atom. The number of nitrogens with one attached hydrogen (secondary N) is 2. The molecular weight excluding hydrogens is 420 g/mol. The van der Waals surface area contributed by atoms with Crippen LogP contribution in [0.5, 0.6) is 0 Å². The molecule has 9 heteroatoms. The quantitative estimate of drug-likeness (QED) is 0.416. The predicted octanol–water partition coefficient (Wildman–Crippen LogP) is 4.04. The number of hydrogen-bond donors (Lipinski definition) is 2. The van der Waals surface area contributed by atoms with E-state index >= 15 is 0 Å². The summed E-state index contributed by atoms with van der Waals surface area (Å²) >= 11 is 0. The van der Waals surface area contributed by atoms with Gasteiger partial charge in [-0.15, -0.1) is 0 Å². The first kappa shape index (κ1) is 22.2. The molecular formula is C24H26N6O3. The highest BCUT2D eigenvalue weighted by Crippen LogP contribution is 2.35. The topological polar surface area (TPSA) is 113 Å². The van der Waals surface area contributed by atoms with Crippen LogP contribution in [0.1, 0.15) is 43.2 Å². The van der Waals surface area contributed by atoms with Crippen molar-refractivity contribution in [1.82, 2.24) is 15.4 Å². The molecule has 33 heavy (non-hydrogen) atoms. The van der Waals surface area contributed by atoms with E-state index in [2.05, 4.69) is 20.8 Å². The first-order valence-electron chi connectivity index (χ1n) is 11.0. The highest BCUT2D eigenvalue weighted by Gasteiger charge is 2.31. The Hall–Kier alpha value is -4.01. The lowest BCUT2D eigenvalue weighted by molar-refractivity contribution is -0.383. The largest absolute Gasteiger partial charge is 0.355 e. The van der Waals surface area contributed by atoms with Crippen LogP contribution in [0.25, 0.3) is 0 Å². The molecule has 1 fully saturated rings. The normalized spacial score (nSPS) is 15.8. The SMILES string of the molecule is CC1CCCCN1c1ncnc(NNC(=O)C(c2ccccc2)c2ccccc2)c1[N+](=O)[O-]. The molecule has 1 aliphatic heterocycles. The standard InChI is InChI=1S/C24H26N6O3/c1-17-10-8-9-15-29(17)23-21(30(32)33)22(25-16-26-23)27-28-24(31)20(18-11-4-2-5-12-18)19-13-6-3-7-14-19/h2-7,11-14,16-17,20H,8-10,15H2,1H3,(H,28,31)(H,25,26,27). The van der Waals surface area contributed by atoms with E-state index in [4.69, 9.17) is 0 Å². The number of rotatable bonds is 7. The van der Waals surface area contributed by atoms with Crippen molar-refractivity contribution in [2.75, 3.05) is 16.9 Å². The van der Waals surface area contributed by atoms with E-state index in [0.717, 1.165) is 30.4 Å². The zero-order chi connectivity index (χ0) is 23.2. The van der Waals surface area contributed by atoms with Crippen LogP contribution in [0.3, 0.4) is 0 Å². The average Bonchev–Trinajstić information content (AvgIpc) is 2.84. The molecule has 0 bridgehead atoms. The van der Waals surface area contributed by atoms with E-state index < -0.39 is 10.8 Å². The van der Waals surface area contributed by atoms with Crippen molar-refractivity contribution in [2.45, 2.75) is 38.1 Å². The molecule has 4 rings (SSSR count). The molecule has 2 heterocycles. The Morgan fingerprint density at radius 3 is 2.27 bits per heavy atom. The minimum atomic E-state index is -0.595. The van der Waals surface area contributed by atoms with Gasteiger partial charge in [0, 0.05) is 12.6 Å². The molecule has 0 spiro atoms. The number of amides is 1.